The molecule has 1 aliphatic rings. The van der Waals surface area contributed by atoms with Crippen LogP contribution in [0.2, 0.25) is 0 Å². The molecule has 7 nitrogen and oxygen atoms in total. The Labute approximate surface area is 188 Å². The molecule has 3 N–H and O–H groups in total. The first kappa shape index (κ1) is 25.1. The van der Waals surface area contributed by atoms with E-state index in [1.165, 1.54) is 12.1 Å². The van der Waals surface area contributed by atoms with Crippen LogP contribution in [-0.2, 0) is 16.0 Å². The van der Waals surface area contributed by atoms with Gasteiger partial charge in [-0.2, -0.15) is 0 Å². The van der Waals surface area contributed by atoms with Crippen LogP contribution >= 0.6 is 24.0 Å². The molecule has 9 heteroatoms. The molecule has 0 spiro atoms. The summed E-state index contributed by atoms with van der Waals surface area (Å²) in [6.07, 6.45) is 1.02. The quantitative estimate of drug-likeness (QED) is 0.221. The van der Waals surface area contributed by atoms with E-state index in [0.29, 0.717) is 31.2 Å². The van der Waals surface area contributed by atoms with E-state index in [-0.39, 0.29) is 60.0 Å². The predicted molar refractivity (Wildman–Crippen MR) is 123 cm³/mol. The SMILES string of the molecule is CN=C(NCCNC(=O)Cc1cccc(F)c1)NC1CCN(C(=O)C(C)C)C1.I. The molecule has 2 amide bonds. The number of hydrogen-bond donors (Lipinski definition) is 3. The van der Waals surface area contributed by atoms with E-state index in [2.05, 4.69) is 20.9 Å². The fourth-order valence-electron chi connectivity index (χ4n) is 3.11. The molecule has 1 fully saturated rings. The van der Waals surface area contributed by atoms with Crippen molar-refractivity contribution in [3.63, 3.8) is 0 Å². The zero-order chi connectivity index (χ0) is 20.5. The summed E-state index contributed by atoms with van der Waals surface area (Å²) < 4.78 is 13.1. The highest BCUT2D eigenvalue weighted by Crippen LogP contribution is 2.12. The summed E-state index contributed by atoms with van der Waals surface area (Å²) in [5.41, 5.74) is 0.643. The van der Waals surface area contributed by atoms with Crippen molar-refractivity contribution in [2.24, 2.45) is 10.9 Å². The molecule has 162 valence electrons. The van der Waals surface area contributed by atoms with Crippen molar-refractivity contribution < 1.29 is 14.0 Å². The maximum absolute atomic E-state index is 13.1. The average molecular weight is 519 g/mol. The van der Waals surface area contributed by atoms with Gasteiger partial charge in [-0.15, -0.1) is 24.0 Å². The fourth-order valence-corrected chi connectivity index (χ4v) is 3.11. The molecular weight excluding hydrogens is 488 g/mol. The molecule has 0 saturated carbocycles. The van der Waals surface area contributed by atoms with Crippen LogP contribution in [0.15, 0.2) is 29.3 Å². The summed E-state index contributed by atoms with van der Waals surface area (Å²) in [6, 6.07) is 6.19. The number of nitrogens with one attached hydrogen (secondary N) is 3. The first-order chi connectivity index (χ1) is 13.4. The van der Waals surface area contributed by atoms with Gasteiger partial charge in [0.2, 0.25) is 11.8 Å². The van der Waals surface area contributed by atoms with Gasteiger partial charge in [0, 0.05) is 45.2 Å². The highest BCUT2D eigenvalue weighted by Gasteiger charge is 2.27. The molecule has 0 radical (unpaired) electrons. The molecule has 0 bridgehead atoms. The minimum absolute atomic E-state index is 0. The van der Waals surface area contributed by atoms with E-state index in [4.69, 9.17) is 0 Å². The summed E-state index contributed by atoms with van der Waals surface area (Å²) in [7, 11) is 1.68. The molecule has 1 aromatic rings. The first-order valence-electron chi connectivity index (χ1n) is 9.66. The van der Waals surface area contributed by atoms with E-state index in [1.807, 2.05) is 18.7 Å². The van der Waals surface area contributed by atoms with Gasteiger partial charge in [-0.05, 0) is 24.1 Å². The van der Waals surface area contributed by atoms with E-state index < -0.39 is 0 Å². The molecule has 2 rings (SSSR count). The van der Waals surface area contributed by atoms with Gasteiger partial charge >= 0.3 is 0 Å². The summed E-state index contributed by atoms with van der Waals surface area (Å²) in [4.78, 5) is 30.1. The molecule has 1 unspecified atom stereocenters. The van der Waals surface area contributed by atoms with Crippen LogP contribution in [0, 0.1) is 11.7 Å². The lowest BCUT2D eigenvalue weighted by Gasteiger charge is -2.20. The lowest BCUT2D eigenvalue weighted by Crippen LogP contribution is -2.47. The number of amides is 2. The Morgan fingerprint density at radius 3 is 2.66 bits per heavy atom. The largest absolute Gasteiger partial charge is 0.355 e. The number of carbonyl (C=O) groups excluding carboxylic acids is 2. The van der Waals surface area contributed by atoms with Gasteiger partial charge in [0.1, 0.15) is 5.82 Å². The normalized spacial score (nSPS) is 16.4. The number of benzene rings is 1. The van der Waals surface area contributed by atoms with Crippen molar-refractivity contribution in [3.05, 3.63) is 35.6 Å². The Balaban J connectivity index is 0.00000420. The molecule has 29 heavy (non-hydrogen) atoms. The Kier molecular flexibility index (Phi) is 10.9. The van der Waals surface area contributed by atoms with E-state index in [9.17, 15) is 14.0 Å². The highest BCUT2D eigenvalue weighted by molar-refractivity contribution is 14.0. The Morgan fingerprint density at radius 1 is 1.28 bits per heavy atom. The molecule has 1 aliphatic heterocycles. The lowest BCUT2D eigenvalue weighted by atomic mass is 10.1. The number of nitrogens with zero attached hydrogens (tertiary/aromatic N) is 2. The van der Waals surface area contributed by atoms with Gasteiger partial charge in [-0.25, -0.2) is 4.39 Å². The van der Waals surface area contributed by atoms with Crippen LogP contribution in [0.5, 0.6) is 0 Å². The van der Waals surface area contributed by atoms with Crippen LogP contribution in [0.1, 0.15) is 25.8 Å². The van der Waals surface area contributed by atoms with Crippen molar-refractivity contribution in [3.8, 4) is 0 Å². The Morgan fingerprint density at radius 2 is 2.00 bits per heavy atom. The Bertz CT molecular complexity index is 714. The topological polar surface area (TPSA) is 85.8 Å². The molecule has 1 saturated heterocycles. The van der Waals surface area contributed by atoms with Crippen molar-refractivity contribution >= 4 is 41.8 Å². The maximum atomic E-state index is 13.1. The van der Waals surface area contributed by atoms with E-state index in [0.717, 1.165) is 13.0 Å². The number of hydrogen-bond acceptors (Lipinski definition) is 3. The minimum atomic E-state index is -0.345. The fraction of sp³-hybridized carbons (Fsp3) is 0.550. The number of likely N-dealkylation sites (tertiary alicyclic amines) is 1. The van der Waals surface area contributed by atoms with Crippen LogP contribution in [0.3, 0.4) is 0 Å². The number of aliphatic imine (C=N–C) groups is 1. The number of guanidine groups is 1. The van der Waals surface area contributed by atoms with Crippen LogP contribution in [0.4, 0.5) is 4.39 Å². The monoisotopic (exact) mass is 519 g/mol. The number of rotatable bonds is 7. The minimum Gasteiger partial charge on any atom is -0.355 e. The van der Waals surface area contributed by atoms with Crippen LogP contribution in [0.25, 0.3) is 0 Å². The molecule has 1 aromatic carbocycles. The Hall–Kier alpha value is -1.91. The summed E-state index contributed by atoms with van der Waals surface area (Å²) >= 11 is 0. The summed E-state index contributed by atoms with van der Waals surface area (Å²) in [5.74, 6) is 0.319. The zero-order valence-electron chi connectivity index (χ0n) is 17.2. The smallest absolute Gasteiger partial charge is 0.225 e. The van der Waals surface area contributed by atoms with Crippen LogP contribution < -0.4 is 16.0 Å². The van der Waals surface area contributed by atoms with Gasteiger partial charge in [-0.3, -0.25) is 14.6 Å². The van der Waals surface area contributed by atoms with Crippen LogP contribution in [-0.4, -0.2) is 61.9 Å². The lowest BCUT2D eigenvalue weighted by molar-refractivity contribution is -0.133. The van der Waals surface area contributed by atoms with Crippen molar-refractivity contribution in [1.82, 2.24) is 20.9 Å². The summed E-state index contributed by atoms with van der Waals surface area (Å²) in [5, 5.41) is 9.27. The third-order valence-electron chi connectivity index (χ3n) is 4.55. The van der Waals surface area contributed by atoms with E-state index in [1.54, 1.807) is 19.2 Å². The van der Waals surface area contributed by atoms with Gasteiger partial charge in [0.15, 0.2) is 5.96 Å². The second kappa shape index (κ2) is 12.6. The van der Waals surface area contributed by atoms with Crippen molar-refractivity contribution in [2.45, 2.75) is 32.7 Å². The molecule has 1 atom stereocenters. The van der Waals surface area contributed by atoms with Gasteiger partial charge < -0.3 is 20.9 Å². The van der Waals surface area contributed by atoms with Crippen molar-refractivity contribution in [2.75, 3.05) is 33.2 Å². The molecule has 0 aromatic heterocycles. The third-order valence-corrected chi connectivity index (χ3v) is 4.55. The number of carbonyl (C=O) groups is 2. The highest BCUT2D eigenvalue weighted by atomic mass is 127. The number of halogens is 2. The maximum Gasteiger partial charge on any atom is 0.225 e. The van der Waals surface area contributed by atoms with Gasteiger partial charge in [-0.1, -0.05) is 26.0 Å². The molecule has 0 aliphatic carbocycles. The third kappa shape index (κ3) is 8.55. The standard InChI is InChI=1S/C20H30FN5O2.HI/c1-14(2)19(28)26-10-7-17(13-26)25-20(22-3)24-9-8-23-18(27)12-15-5-4-6-16(21)11-15;/h4-6,11,14,17H,7-10,12-13H2,1-3H3,(H,23,27)(H2,22,24,25);1H. The van der Waals surface area contributed by atoms with Gasteiger partial charge in [0.25, 0.3) is 0 Å². The molecular formula is C20H31FIN5O2. The predicted octanol–water partition coefficient (Wildman–Crippen LogP) is 1.52. The average Bonchev–Trinajstić information content (AvgIpc) is 3.11. The summed E-state index contributed by atoms with van der Waals surface area (Å²) in [6.45, 7) is 6.18. The second-order valence-electron chi connectivity index (χ2n) is 7.22. The molecule has 1 heterocycles. The van der Waals surface area contributed by atoms with E-state index >= 15 is 0 Å². The first-order valence-corrected chi connectivity index (χ1v) is 9.66. The van der Waals surface area contributed by atoms with Gasteiger partial charge in [0.05, 0.1) is 6.42 Å². The van der Waals surface area contributed by atoms with Crippen molar-refractivity contribution in [1.29, 1.82) is 0 Å². The zero-order valence-corrected chi connectivity index (χ0v) is 19.5. The second-order valence-corrected chi connectivity index (χ2v) is 7.22.